The topological polar surface area (TPSA) is 136 Å². The van der Waals surface area contributed by atoms with Crippen LogP contribution in [0.15, 0.2) is 23.2 Å². The summed E-state index contributed by atoms with van der Waals surface area (Å²) in [6.45, 7) is 5.65. The molecule has 1 amide bonds. The Morgan fingerprint density at radius 2 is 2.04 bits per heavy atom. The predicted molar refractivity (Wildman–Crippen MR) is 105 cm³/mol. The summed E-state index contributed by atoms with van der Waals surface area (Å²) in [7, 11) is 0. The Bertz CT molecular complexity index is 997. The van der Waals surface area contributed by atoms with Crippen LogP contribution in [0.1, 0.15) is 39.8 Å². The zero-order chi connectivity index (χ0) is 19.7. The Hall–Kier alpha value is -3.55. The number of nitrogens with one attached hydrogen (secondary N) is 2. The molecule has 1 aliphatic heterocycles. The number of aryl methyl sites for hydroxylation is 1. The zero-order valence-corrected chi connectivity index (χ0v) is 15.3. The molecule has 27 heavy (non-hydrogen) atoms. The fourth-order valence-electron chi connectivity index (χ4n) is 3.11. The van der Waals surface area contributed by atoms with Crippen molar-refractivity contribution in [1.29, 1.82) is 0 Å². The van der Waals surface area contributed by atoms with Crippen LogP contribution < -0.4 is 16.8 Å². The standard InChI is InChI=1S/C19H21N5O3/c1-4-27-18(26)16-9(2)15(22-10(16)3)8-13-12-7-11(23-19(20)21)5-6-14(12)24-17(13)25/h5-8,22H,4H2,1-3H3,(H,24,25)(H4,20,21,23). The van der Waals surface area contributed by atoms with Gasteiger partial charge in [-0.1, -0.05) is 0 Å². The summed E-state index contributed by atoms with van der Waals surface area (Å²) < 4.78 is 5.11. The number of carbonyl (C=O) groups excluding carboxylic acids is 2. The molecule has 0 spiro atoms. The summed E-state index contributed by atoms with van der Waals surface area (Å²) in [4.78, 5) is 31.8. The Morgan fingerprint density at radius 3 is 2.70 bits per heavy atom. The number of H-pyrrole nitrogens is 1. The van der Waals surface area contributed by atoms with E-state index < -0.39 is 0 Å². The molecule has 2 heterocycles. The number of esters is 1. The number of anilines is 1. The van der Waals surface area contributed by atoms with Crippen molar-refractivity contribution < 1.29 is 14.3 Å². The number of hydrogen-bond donors (Lipinski definition) is 4. The Morgan fingerprint density at radius 1 is 1.30 bits per heavy atom. The molecule has 1 aromatic heterocycles. The van der Waals surface area contributed by atoms with Crippen LogP contribution in [-0.2, 0) is 9.53 Å². The summed E-state index contributed by atoms with van der Waals surface area (Å²) in [5.74, 6) is -0.691. The van der Waals surface area contributed by atoms with Crippen LogP contribution in [-0.4, -0.2) is 29.4 Å². The SMILES string of the molecule is CCOC(=O)c1c(C)[nH]c(C=C2C(=O)Nc3ccc(N=C(N)N)cc32)c1C. The number of benzene rings is 1. The van der Waals surface area contributed by atoms with Gasteiger partial charge in [-0.25, -0.2) is 9.79 Å². The molecule has 0 atom stereocenters. The van der Waals surface area contributed by atoms with E-state index in [0.717, 1.165) is 5.56 Å². The lowest BCUT2D eigenvalue weighted by Gasteiger charge is -2.02. The largest absolute Gasteiger partial charge is 0.462 e. The molecule has 8 heteroatoms. The first-order chi connectivity index (χ1) is 12.8. The minimum Gasteiger partial charge on any atom is -0.462 e. The van der Waals surface area contributed by atoms with Gasteiger partial charge in [-0.05, 0) is 50.6 Å². The van der Waals surface area contributed by atoms with Gasteiger partial charge in [0.15, 0.2) is 5.96 Å². The van der Waals surface area contributed by atoms with Gasteiger partial charge in [0.1, 0.15) is 0 Å². The molecule has 6 N–H and O–H groups in total. The van der Waals surface area contributed by atoms with Crippen LogP contribution in [0.5, 0.6) is 0 Å². The van der Waals surface area contributed by atoms with Crippen LogP contribution in [0.25, 0.3) is 11.6 Å². The van der Waals surface area contributed by atoms with Crippen molar-refractivity contribution in [3.8, 4) is 0 Å². The number of aliphatic imine (C=N–C) groups is 1. The van der Waals surface area contributed by atoms with Crippen molar-refractivity contribution in [2.45, 2.75) is 20.8 Å². The fourth-order valence-corrected chi connectivity index (χ4v) is 3.11. The second kappa shape index (κ2) is 6.99. The number of rotatable bonds is 4. The number of fused-ring (bicyclic) bond motifs is 1. The molecule has 0 saturated carbocycles. The highest BCUT2D eigenvalue weighted by atomic mass is 16.5. The van der Waals surface area contributed by atoms with Crippen LogP contribution in [0.3, 0.4) is 0 Å². The maximum Gasteiger partial charge on any atom is 0.340 e. The lowest BCUT2D eigenvalue weighted by Crippen LogP contribution is -2.21. The van der Waals surface area contributed by atoms with E-state index in [1.54, 1.807) is 38.1 Å². The molecule has 0 saturated heterocycles. The van der Waals surface area contributed by atoms with Crippen molar-refractivity contribution in [1.82, 2.24) is 4.98 Å². The van der Waals surface area contributed by atoms with Gasteiger partial charge in [0.05, 0.1) is 23.4 Å². The number of hydrogen-bond acceptors (Lipinski definition) is 4. The summed E-state index contributed by atoms with van der Waals surface area (Å²) in [6, 6.07) is 5.19. The quantitative estimate of drug-likeness (QED) is 0.284. The molecule has 0 radical (unpaired) electrons. The molecule has 3 rings (SSSR count). The molecular weight excluding hydrogens is 346 g/mol. The van der Waals surface area contributed by atoms with E-state index in [1.165, 1.54) is 0 Å². The van der Waals surface area contributed by atoms with E-state index in [1.807, 2.05) is 6.92 Å². The van der Waals surface area contributed by atoms with E-state index in [2.05, 4.69) is 15.3 Å². The van der Waals surface area contributed by atoms with Crippen LogP contribution in [0, 0.1) is 13.8 Å². The number of guanidine groups is 1. The van der Waals surface area contributed by atoms with E-state index in [9.17, 15) is 9.59 Å². The third kappa shape index (κ3) is 3.41. The van der Waals surface area contributed by atoms with Crippen molar-refractivity contribution in [2.75, 3.05) is 11.9 Å². The van der Waals surface area contributed by atoms with Crippen molar-refractivity contribution >= 4 is 40.9 Å². The van der Waals surface area contributed by atoms with Gasteiger partial charge in [0.25, 0.3) is 5.91 Å². The molecule has 0 bridgehead atoms. The van der Waals surface area contributed by atoms with E-state index >= 15 is 0 Å². The highest BCUT2D eigenvalue weighted by molar-refractivity contribution is 6.35. The van der Waals surface area contributed by atoms with Crippen molar-refractivity contribution in [3.05, 3.63) is 46.3 Å². The van der Waals surface area contributed by atoms with Crippen molar-refractivity contribution in [3.63, 3.8) is 0 Å². The van der Waals surface area contributed by atoms with E-state index in [0.29, 0.717) is 46.1 Å². The second-order valence-electron chi connectivity index (χ2n) is 6.16. The van der Waals surface area contributed by atoms with Gasteiger partial charge in [-0.2, -0.15) is 0 Å². The first kappa shape index (κ1) is 18.2. The van der Waals surface area contributed by atoms with Gasteiger partial charge >= 0.3 is 5.97 Å². The highest BCUT2D eigenvalue weighted by Crippen LogP contribution is 2.36. The normalized spacial score (nSPS) is 14.0. The first-order valence-electron chi connectivity index (χ1n) is 8.45. The molecule has 1 aliphatic rings. The fraction of sp³-hybridized carbons (Fsp3) is 0.211. The van der Waals surface area contributed by atoms with Gasteiger partial charge in [0.2, 0.25) is 0 Å². The number of aromatic amines is 1. The minimum absolute atomic E-state index is 0.0623. The Kier molecular flexibility index (Phi) is 4.72. The molecule has 1 aromatic carbocycles. The molecular formula is C19H21N5O3. The molecule has 0 aliphatic carbocycles. The second-order valence-corrected chi connectivity index (χ2v) is 6.16. The molecule has 0 unspecified atom stereocenters. The third-order valence-corrected chi connectivity index (χ3v) is 4.29. The summed E-state index contributed by atoms with van der Waals surface area (Å²) in [5.41, 5.74) is 15.8. The zero-order valence-electron chi connectivity index (χ0n) is 15.3. The molecule has 140 valence electrons. The lowest BCUT2D eigenvalue weighted by atomic mass is 10.0. The monoisotopic (exact) mass is 367 g/mol. The summed E-state index contributed by atoms with van der Waals surface area (Å²) in [6.07, 6.45) is 1.71. The van der Waals surface area contributed by atoms with Crippen LogP contribution in [0.4, 0.5) is 11.4 Å². The maximum atomic E-state index is 12.4. The Labute approximate surface area is 156 Å². The number of aromatic nitrogens is 1. The van der Waals surface area contributed by atoms with Crippen molar-refractivity contribution in [2.24, 2.45) is 16.5 Å². The lowest BCUT2D eigenvalue weighted by molar-refractivity contribution is -0.110. The van der Waals surface area contributed by atoms with E-state index in [-0.39, 0.29) is 17.8 Å². The summed E-state index contributed by atoms with van der Waals surface area (Å²) >= 11 is 0. The average Bonchev–Trinajstić information content (AvgIpc) is 3.04. The average molecular weight is 367 g/mol. The smallest absolute Gasteiger partial charge is 0.340 e. The van der Waals surface area contributed by atoms with Gasteiger partial charge in [-0.15, -0.1) is 0 Å². The van der Waals surface area contributed by atoms with Crippen LogP contribution in [0.2, 0.25) is 0 Å². The van der Waals surface area contributed by atoms with Gasteiger partial charge in [-0.3, -0.25) is 4.79 Å². The predicted octanol–water partition coefficient (Wildman–Crippen LogP) is 2.21. The maximum absolute atomic E-state index is 12.4. The van der Waals surface area contributed by atoms with Crippen LogP contribution >= 0.6 is 0 Å². The van der Waals surface area contributed by atoms with E-state index in [4.69, 9.17) is 16.2 Å². The highest BCUT2D eigenvalue weighted by Gasteiger charge is 2.26. The molecule has 2 aromatic rings. The number of ether oxygens (including phenoxy) is 1. The molecule has 8 nitrogen and oxygen atoms in total. The number of nitrogens with zero attached hydrogens (tertiary/aromatic N) is 1. The summed E-state index contributed by atoms with van der Waals surface area (Å²) in [5, 5.41) is 2.81. The first-order valence-corrected chi connectivity index (χ1v) is 8.45. The molecule has 0 fully saturated rings. The number of carbonyl (C=O) groups is 2. The number of nitrogens with two attached hydrogens (primary N) is 2. The van der Waals surface area contributed by atoms with Gasteiger partial charge < -0.3 is 26.5 Å². The minimum atomic E-state index is -0.389. The Balaban J connectivity index is 2.07. The number of amides is 1. The van der Waals surface area contributed by atoms with Gasteiger partial charge in [0, 0.05) is 22.6 Å². The third-order valence-electron chi connectivity index (χ3n) is 4.29.